The van der Waals surface area contributed by atoms with Crippen LogP contribution < -0.4 is 5.73 Å². The first-order valence-corrected chi connectivity index (χ1v) is 8.35. The van der Waals surface area contributed by atoms with E-state index >= 15 is 0 Å². The Bertz CT molecular complexity index is 628. The molecule has 2 rings (SSSR count). The zero-order chi connectivity index (χ0) is 15.6. The molecular formula is C14H21N3O3S. The molecule has 1 saturated heterocycles. The molecule has 1 atom stereocenters. The van der Waals surface area contributed by atoms with E-state index in [0.717, 1.165) is 12.8 Å². The Hall–Kier alpha value is -1.44. The Morgan fingerprint density at radius 3 is 2.76 bits per heavy atom. The lowest BCUT2D eigenvalue weighted by molar-refractivity contribution is 0.0827. The van der Waals surface area contributed by atoms with Crippen molar-refractivity contribution in [1.82, 2.24) is 9.21 Å². The van der Waals surface area contributed by atoms with Gasteiger partial charge >= 0.3 is 0 Å². The Kier molecular flexibility index (Phi) is 4.65. The molecule has 21 heavy (non-hydrogen) atoms. The summed E-state index contributed by atoms with van der Waals surface area (Å²) in [4.78, 5) is 13.5. The molecule has 1 amide bonds. The van der Waals surface area contributed by atoms with E-state index in [1.807, 2.05) is 0 Å². The second kappa shape index (κ2) is 6.13. The van der Waals surface area contributed by atoms with E-state index in [0.29, 0.717) is 18.7 Å². The third-order valence-corrected chi connectivity index (χ3v) is 5.64. The predicted octanol–water partition coefficient (Wildman–Crippen LogP) is 0.500. The van der Waals surface area contributed by atoms with Crippen molar-refractivity contribution in [2.24, 2.45) is 5.73 Å². The maximum Gasteiger partial charge on any atom is 0.253 e. The van der Waals surface area contributed by atoms with Crippen molar-refractivity contribution in [2.75, 3.05) is 27.2 Å². The number of amides is 1. The number of benzene rings is 1. The largest absolute Gasteiger partial charge is 0.345 e. The minimum absolute atomic E-state index is 0.149. The van der Waals surface area contributed by atoms with Crippen LogP contribution in [-0.2, 0) is 10.0 Å². The maximum absolute atomic E-state index is 12.7. The highest BCUT2D eigenvalue weighted by Gasteiger charge is 2.34. The minimum atomic E-state index is -3.60. The zero-order valence-electron chi connectivity index (χ0n) is 12.3. The SMILES string of the molecule is CN(C)C(=O)c1cccc(S(=O)(=O)N2CCCC2CN)c1. The van der Waals surface area contributed by atoms with E-state index in [1.165, 1.54) is 21.3 Å². The van der Waals surface area contributed by atoms with Crippen molar-refractivity contribution in [3.63, 3.8) is 0 Å². The fraction of sp³-hybridized carbons (Fsp3) is 0.500. The van der Waals surface area contributed by atoms with Crippen LogP contribution in [0, 0.1) is 0 Å². The molecule has 1 aliphatic rings. The smallest absolute Gasteiger partial charge is 0.253 e. The number of hydrogen-bond donors (Lipinski definition) is 1. The Balaban J connectivity index is 2.37. The van der Waals surface area contributed by atoms with E-state index < -0.39 is 10.0 Å². The lowest BCUT2D eigenvalue weighted by atomic mass is 10.2. The summed E-state index contributed by atoms with van der Waals surface area (Å²) in [6.07, 6.45) is 1.60. The molecule has 1 fully saturated rings. The Morgan fingerprint density at radius 2 is 2.14 bits per heavy atom. The fourth-order valence-electron chi connectivity index (χ4n) is 2.54. The number of sulfonamides is 1. The molecule has 0 aromatic heterocycles. The van der Waals surface area contributed by atoms with E-state index in [-0.39, 0.29) is 16.8 Å². The molecule has 1 aliphatic heterocycles. The highest BCUT2D eigenvalue weighted by atomic mass is 32.2. The average Bonchev–Trinajstić information content (AvgIpc) is 2.95. The van der Waals surface area contributed by atoms with Gasteiger partial charge in [-0.25, -0.2) is 8.42 Å². The summed E-state index contributed by atoms with van der Waals surface area (Å²) in [7, 11) is -0.332. The van der Waals surface area contributed by atoms with Crippen LogP contribution in [0.3, 0.4) is 0 Å². The lowest BCUT2D eigenvalue weighted by Gasteiger charge is -2.23. The Labute approximate surface area is 125 Å². The summed E-state index contributed by atoms with van der Waals surface area (Å²) in [6, 6.07) is 6.02. The van der Waals surface area contributed by atoms with Gasteiger partial charge < -0.3 is 10.6 Å². The van der Waals surface area contributed by atoms with Gasteiger partial charge in [-0.05, 0) is 31.0 Å². The highest BCUT2D eigenvalue weighted by molar-refractivity contribution is 7.89. The van der Waals surface area contributed by atoms with Crippen molar-refractivity contribution >= 4 is 15.9 Å². The maximum atomic E-state index is 12.7. The normalized spacial score (nSPS) is 19.7. The van der Waals surface area contributed by atoms with Crippen LogP contribution >= 0.6 is 0 Å². The summed E-state index contributed by atoms with van der Waals surface area (Å²) >= 11 is 0. The van der Waals surface area contributed by atoms with Gasteiger partial charge in [-0.2, -0.15) is 4.31 Å². The minimum Gasteiger partial charge on any atom is -0.345 e. The van der Waals surface area contributed by atoms with Gasteiger partial charge in [-0.3, -0.25) is 4.79 Å². The molecule has 0 aliphatic carbocycles. The summed E-state index contributed by atoms with van der Waals surface area (Å²) in [5.41, 5.74) is 6.02. The van der Waals surface area contributed by atoms with Gasteiger partial charge in [0.05, 0.1) is 4.90 Å². The van der Waals surface area contributed by atoms with Crippen LogP contribution in [0.15, 0.2) is 29.2 Å². The monoisotopic (exact) mass is 311 g/mol. The van der Waals surface area contributed by atoms with Crippen molar-refractivity contribution in [2.45, 2.75) is 23.8 Å². The van der Waals surface area contributed by atoms with Crippen LogP contribution in [-0.4, -0.2) is 56.8 Å². The lowest BCUT2D eigenvalue weighted by Crippen LogP contribution is -2.39. The van der Waals surface area contributed by atoms with Crippen molar-refractivity contribution in [1.29, 1.82) is 0 Å². The molecule has 116 valence electrons. The van der Waals surface area contributed by atoms with Crippen LogP contribution in [0.1, 0.15) is 23.2 Å². The first-order chi connectivity index (χ1) is 9.87. The van der Waals surface area contributed by atoms with E-state index in [9.17, 15) is 13.2 Å². The highest BCUT2D eigenvalue weighted by Crippen LogP contribution is 2.26. The standard InChI is InChI=1S/C14H21N3O3S/c1-16(2)14(18)11-5-3-7-13(9-11)21(19,20)17-8-4-6-12(17)10-15/h3,5,7,9,12H,4,6,8,10,15H2,1-2H3. The number of carbonyl (C=O) groups excluding carboxylic acids is 1. The molecule has 0 radical (unpaired) electrons. The van der Waals surface area contributed by atoms with Crippen LogP contribution in [0.25, 0.3) is 0 Å². The second-order valence-corrected chi connectivity index (χ2v) is 7.27. The number of nitrogens with two attached hydrogens (primary N) is 1. The van der Waals surface area contributed by atoms with Gasteiger partial charge in [0, 0.05) is 38.8 Å². The van der Waals surface area contributed by atoms with E-state index in [1.54, 1.807) is 26.2 Å². The molecule has 1 aromatic rings. The molecule has 0 bridgehead atoms. The molecule has 0 spiro atoms. The number of carbonyl (C=O) groups is 1. The van der Waals surface area contributed by atoms with Gasteiger partial charge in [-0.1, -0.05) is 6.07 Å². The third-order valence-electron chi connectivity index (χ3n) is 3.69. The van der Waals surface area contributed by atoms with Crippen LogP contribution in [0.4, 0.5) is 0 Å². The number of nitrogens with zero attached hydrogens (tertiary/aromatic N) is 2. The fourth-order valence-corrected chi connectivity index (χ4v) is 4.29. The van der Waals surface area contributed by atoms with E-state index in [4.69, 9.17) is 5.73 Å². The molecule has 6 nitrogen and oxygen atoms in total. The van der Waals surface area contributed by atoms with Gasteiger partial charge in [0.1, 0.15) is 0 Å². The van der Waals surface area contributed by atoms with Gasteiger partial charge in [0.2, 0.25) is 10.0 Å². The third kappa shape index (κ3) is 3.09. The number of rotatable bonds is 4. The van der Waals surface area contributed by atoms with Crippen molar-refractivity contribution in [3.8, 4) is 0 Å². The zero-order valence-corrected chi connectivity index (χ0v) is 13.1. The first kappa shape index (κ1) is 15.9. The van der Waals surface area contributed by atoms with Crippen LogP contribution in [0.2, 0.25) is 0 Å². The summed E-state index contributed by atoms with van der Waals surface area (Å²) in [5, 5.41) is 0. The average molecular weight is 311 g/mol. The molecule has 0 saturated carbocycles. The molecular weight excluding hydrogens is 290 g/mol. The van der Waals surface area contributed by atoms with E-state index in [2.05, 4.69) is 0 Å². The molecule has 1 unspecified atom stereocenters. The quantitative estimate of drug-likeness (QED) is 0.877. The first-order valence-electron chi connectivity index (χ1n) is 6.91. The van der Waals surface area contributed by atoms with Crippen molar-refractivity contribution in [3.05, 3.63) is 29.8 Å². The molecule has 7 heteroatoms. The van der Waals surface area contributed by atoms with Gasteiger partial charge in [0.15, 0.2) is 0 Å². The molecule has 1 aromatic carbocycles. The summed E-state index contributed by atoms with van der Waals surface area (Å²) < 4.78 is 26.8. The second-order valence-electron chi connectivity index (χ2n) is 5.37. The number of hydrogen-bond acceptors (Lipinski definition) is 4. The predicted molar refractivity (Wildman–Crippen MR) is 80.4 cm³/mol. The van der Waals surface area contributed by atoms with Gasteiger partial charge in [0.25, 0.3) is 5.91 Å². The topological polar surface area (TPSA) is 83.7 Å². The summed E-state index contributed by atoms with van der Waals surface area (Å²) in [6.45, 7) is 0.797. The molecule has 2 N–H and O–H groups in total. The van der Waals surface area contributed by atoms with Crippen LogP contribution in [0.5, 0.6) is 0 Å². The van der Waals surface area contributed by atoms with Gasteiger partial charge in [-0.15, -0.1) is 0 Å². The molecule has 1 heterocycles. The summed E-state index contributed by atoms with van der Waals surface area (Å²) in [5.74, 6) is -0.219. The Morgan fingerprint density at radius 1 is 1.43 bits per heavy atom. The van der Waals surface area contributed by atoms with Crippen molar-refractivity contribution < 1.29 is 13.2 Å².